The van der Waals surface area contributed by atoms with E-state index >= 15 is 0 Å². The molecule has 6 rings (SSSR count). The predicted octanol–water partition coefficient (Wildman–Crippen LogP) is -13.6. The van der Waals surface area contributed by atoms with Gasteiger partial charge in [0.15, 0.2) is 31.5 Å². The Hall–Kier alpha value is -2.75. The first-order chi connectivity index (χ1) is 36.6. The molecule has 6 aliphatic rings. The molecule has 6 aliphatic heterocycles. The number of amides is 2. The number of nitrogens with one attached hydrogen (secondary N) is 2. The molecule has 0 aromatic heterocycles. The molecule has 0 saturated carbocycles. The number of ether oxygens (including phenoxy) is 11. The van der Waals surface area contributed by atoms with E-state index in [-0.39, 0.29) is 0 Å². The van der Waals surface area contributed by atoms with Crippen molar-refractivity contribution in [3.05, 3.63) is 0 Å². The van der Waals surface area contributed by atoms with Gasteiger partial charge in [-0.2, -0.15) is 0 Å². The molecule has 0 aromatic carbocycles. The van der Waals surface area contributed by atoms with Crippen molar-refractivity contribution in [1.29, 1.82) is 0 Å². The number of hydrogen-bond donors (Lipinski definition) is 21. The third-order valence-corrected chi connectivity index (χ3v) is 14.2. The summed E-state index contributed by atoms with van der Waals surface area (Å²) in [5.74, 6) is -6.97. The van der Waals surface area contributed by atoms with Crippen LogP contribution in [0.5, 0.6) is 0 Å². The van der Waals surface area contributed by atoms with Crippen LogP contribution in [-0.2, 0) is 66.5 Å². The van der Waals surface area contributed by atoms with E-state index in [0.717, 1.165) is 13.8 Å². The molecule has 78 heavy (non-hydrogen) atoms. The Bertz CT molecular complexity index is 1950. The van der Waals surface area contributed by atoms with Gasteiger partial charge in [-0.05, 0) is 6.92 Å². The normalized spacial score (nSPS) is 48.1. The first-order valence-corrected chi connectivity index (χ1v) is 24.6. The fourth-order valence-electron chi connectivity index (χ4n) is 9.85. The first kappa shape index (κ1) is 64.4. The summed E-state index contributed by atoms with van der Waals surface area (Å²) in [6.07, 6.45) is -57.1. The molecule has 0 bridgehead atoms. The zero-order valence-electron chi connectivity index (χ0n) is 41.8. The van der Waals surface area contributed by atoms with Crippen LogP contribution in [0.1, 0.15) is 27.2 Å². The van der Waals surface area contributed by atoms with Crippen LogP contribution in [0.3, 0.4) is 0 Å². The van der Waals surface area contributed by atoms with Crippen molar-refractivity contribution in [2.24, 2.45) is 0 Å². The van der Waals surface area contributed by atoms with Gasteiger partial charge in [-0.3, -0.25) is 9.59 Å². The van der Waals surface area contributed by atoms with Gasteiger partial charge in [-0.25, -0.2) is 4.79 Å². The highest BCUT2D eigenvalue weighted by Crippen LogP contribution is 2.38. The summed E-state index contributed by atoms with van der Waals surface area (Å²) in [6, 6.07) is -3.65. The van der Waals surface area contributed by atoms with Crippen molar-refractivity contribution in [3.63, 3.8) is 0 Å². The van der Waals surface area contributed by atoms with E-state index in [0.29, 0.717) is 0 Å². The fourth-order valence-corrected chi connectivity index (χ4v) is 9.85. The molecule has 0 radical (unpaired) electrons. The topological polar surface area (TPSA) is 561 Å². The summed E-state index contributed by atoms with van der Waals surface area (Å²) in [5.41, 5.74) is 0. The predicted molar refractivity (Wildman–Crippen MR) is 238 cm³/mol. The molecular weight excluding hydrogens is 1070 g/mol. The molecule has 6 heterocycles. The quantitative estimate of drug-likeness (QED) is 0.0538. The number of aliphatic hydroxyl groups is 18. The molecule has 0 aliphatic carbocycles. The second-order valence-electron chi connectivity index (χ2n) is 19.7. The summed E-state index contributed by atoms with van der Waals surface area (Å²) in [7, 11) is 0. The molecule has 6 fully saturated rings. The lowest BCUT2D eigenvalue weighted by molar-refractivity contribution is -0.387. The minimum atomic E-state index is -3.12. The van der Waals surface area contributed by atoms with Crippen LogP contribution in [0, 0.1) is 0 Å². The molecule has 6 saturated heterocycles. The summed E-state index contributed by atoms with van der Waals surface area (Å²) in [6.45, 7) is -2.29. The third kappa shape index (κ3) is 13.7. The number of hydrogen-bond acceptors (Lipinski definition) is 32. The molecular formula is C43H72N2O33. The monoisotopic (exact) mass is 1140 g/mol. The number of carboxylic acids is 1. The van der Waals surface area contributed by atoms with Crippen LogP contribution in [0.4, 0.5) is 0 Å². The van der Waals surface area contributed by atoms with Gasteiger partial charge in [-0.15, -0.1) is 0 Å². The molecule has 2 amide bonds. The van der Waals surface area contributed by atoms with Crippen LogP contribution in [-0.4, -0.2) is 338 Å². The average Bonchev–Trinajstić information content (AvgIpc) is 3.46. The second-order valence-corrected chi connectivity index (χ2v) is 19.7. The van der Waals surface area contributed by atoms with Gasteiger partial charge in [0, 0.05) is 20.3 Å². The zero-order valence-corrected chi connectivity index (χ0v) is 41.8. The van der Waals surface area contributed by atoms with Gasteiger partial charge in [-0.1, -0.05) is 0 Å². The lowest BCUT2D eigenvalue weighted by atomic mass is 9.88. The number of aliphatic carboxylic acids is 1. The van der Waals surface area contributed by atoms with Gasteiger partial charge in [0.2, 0.25) is 11.8 Å². The van der Waals surface area contributed by atoms with Crippen molar-refractivity contribution < 1.29 is 164 Å². The van der Waals surface area contributed by atoms with E-state index in [4.69, 9.17) is 52.1 Å². The Labute approximate surface area is 441 Å². The molecule has 21 N–H and O–H groups in total. The highest BCUT2D eigenvalue weighted by molar-refractivity contribution is 5.76. The van der Waals surface area contributed by atoms with Crippen molar-refractivity contribution >= 4 is 17.8 Å². The first-order valence-electron chi connectivity index (χ1n) is 24.6. The van der Waals surface area contributed by atoms with Crippen molar-refractivity contribution in [2.45, 2.75) is 217 Å². The average molecular weight is 1150 g/mol. The van der Waals surface area contributed by atoms with E-state index in [1.807, 2.05) is 0 Å². The fraction of sp³-hybridized carbons (Fsp3) is 0.930. The SMILES string of the molecule is CC(=O)N[C@H]1[C@H](O[C@H]2[C@@H](O)[C@@H](CO)O[C@@H](O[C@H]3[C@H](O)[C@@H](O)[C@@H](O)O[C@@H]3CO)[C@@H]2O)O[C@H](CO[C@]2(C(=O)O)C[C@H](O)[C@@H](NC(C)=O)[C@H]([C@H](O)[C@H](O)CO)O2)[C@@H](O)[C@@H]1O[C@@H]1O[C@H](CO)[C@H](O[C@@H]2O[C@@H](C)[C@@H](O)[C@@H](O)[C@@H]2O)[C@H](O)[C@H]1O. The molecule has 35 nitrogen and oxygen atoms in total. The maximum absolute atomic E-state index is 13.1. The van der Waals surface area contributed by atoms with Gasteiger partial charge in [0.1, 0.15) is 134 Å². The molecule has 0 aromatic rings. The summed E-state index contributed by atoms with van der Waals surface area (Å²) in [4.78, 5) is 38.3. The van der Waals surface area contributed by atoms with Crippen molar-refractivity contribution in [2.75, 3.05) is 33.0 Å². The maximum atomic E-state index is 13.1. The highest BCUT2D eigenvalue weighted by atomic mass is 16.8. The lowest BCUT2D eigenvalue weighted by Crippen LogP contribution is -2.71. The summed E-state index contributed by atoms with van der Waals surface area (Å²) in [5, 5.41) is 209. The summed E-state index contributed by atoms with van der Waals surface area (Å²) < 4.78 is 62.8. The number of carbonyl (C=O) groups excluding carboxylic acids is 2. The van der Waals surface area contributed by atoms with Crippen molar-refractivity contribution in [1.82, 2.24) is 10.6 Å². The Morgan fingerprint density at radius 3 is 1.58 bits per heavy atom. The molecule has 0 spiro atoms. The lowest BCUT2D eigenvalue weighted by Gasteiger charge is -2.51. The van der Waals surface area contributed by atoms with E-state index in [1.54, 1.807) is 0 Å². The van der Waals surface area contributed by atoms with Crippen LogP contribution < -0.4 is 10.6 Å². The van der Waals surface area contributed by atoms with Gasteiger partial charge >= 0.3 is 5.97 Å². The van der Waals surface area contributed by atoms with E-state index < -0.39 is 247 Å². The summed E-state index contributed by atoms with van der Waals surface area (Å²) >= 11 is 0. The Morgan fingerprint density at radius 1 is 0.538 bits per heavy atom. The van der Waals surface area contributed by atoms with E-state index in [1.165, 1.54) is 6.92 Å². The van der Waals surface area contributed by atoms with Crippen LogP contribution in [0.2, 0.25) is 0 Å². The Balaban J connectivity index is 1.36. The van der Waals surface area contributed by atoms with Gasteiger partial charge in [0.05, 0.1) is 51.3 Å². The number of carbonyl (C=O) groups is 3. The van der Waals surface area contributed by atoms with Crippen LogP contribution >= 0.6 is 0 Å². The zero-order chi connectivity index (χ0) is 58.0. The highest BCUT2D eigenvalue weighted by Gasteiger charge is 2.60. The Kier molecular flexibility index (Phi) is 22.4. The van der Waals surface area contributed by atoms with E-state index in [2.05, 4.69) is 10.6 Å². The minimum Gasteiger partial charge on any atom is -0.477 e. The number of rotatable bonds is 20. The largest absolute Gasteiger partial charge is 0.477 e. The molecule has 31 atom stereocenters. The number of aliphatic hydroxyl groups excluding tert-OH is 18. The van der Waals surface area contributed by atoms with Crippen molar-refractivity contribution in [3.8, 4) is 0 Å². The van der Waals surface area contributed by atoms with Gasteiger partial charge in [0.25, 0.3) is 5.79 Å². The number of carboxylic acid groups (broad SMARTS) is 1. The second kappa shape index (κ2) is 27.1. The third-order valence-electron chi connectivity index (χ3n) is 14.2. The van der Waals surface area contributed by atoms with Crippen LogP contribution in [0.25, 0.3) is 0 Å². The standard InChI is InChI=1S/C43H72N2O33/c1-10-21(54)25(58)29(62)39(69-10)74-33-17(8-49)72-40(30(63)27(33)60)76-34-20(45-12(3)51)38(77-36-23(56)15(6-47)71-41(31(36)64)75-32-16(7-48)70-37(65)28(61)26(32)59)73-18(24(34)57)9-68-43(42(66)67)4-13(52)19(44-11(2)50)35(78-43)22(55)14(53)5-46/h10,13-41,46-49,52-65H,4-9H2,1-3H3,(H,44,50)(H,45,51)(H,66,67)/t10-,13-,14+,15+,16+,17+,18+,19+,20+,21+,22+,23-,24+,25+,26+,27+,28+,29-,30+,31+,32+,33-,34+,35+,36-,37-,38-,39-,40-,41-,43+/m0/s1. The molecule has 452 valence electrons. The van der Waals surface area contributed by atoms with E-state index in [9.17, 15) is 111 Å². The smallest absolute Gasteiger partial charge is 0.364 e. The van der Waals surface area contributed by atoms with Gasteiger partial charge < -0.3 is 160 Å². The molecule has 35 heteroatoms. The van der Waals surface area contributed by atoms with Crippen LogP contribution in [0.15, 0.2) is 0 Å². The molecule has 0 unspecified atom stereocenters. The maximum Gasteiger partial charge on any atom is 0.364 e. The Morgan fingerprint density at radius 2 is 1.01 bits per heavy atom. The minimum absolute atomic E-state index is 0.830.